The fourth-order valence-electron chi connectivity index (χ4n) is 2.00. The van der Waals surface area contributed by atoms with Gasteiger partial charge >= 0.3 is 0 Å². The van der Waals surface area contributed by atoms with Gasteiger partial charge in [0.1, 0.15) is 11.4 Å². The Kier molecular flexibility index (Phi) is 5.76. The minimum atomic E-state index is -1.24. The summed E-state index contributed by atoms with van der Waals surface area (Å²) in [4.78, 5) is 12.7. The van der Waals surface area contributed by atoms with Crippen molar-refractivity contribution < 1.29 is 8.63 Å². The van der Waals surface area contributed by atoms with Crippen molar-refractivity contribution in [2.45, 2.75) is 25.9 Å². The first-order valence-electron chi connectivity index (χ1n) is 7.35. The molecule has 0 N–H and O–H groups in total. The summed E-state index contributed by atoms with van der Waals surface area (Å²) in [6, 6.07) is 11.5. The van der Waals surface area contributed by atoms with E-state index in [1.807, 2.05) is 44.2 Å². The zero-order valence-electron chi connectivity index (χ0n) is 13.6. The minimum Gasteiger partial charge on any atom is -0.439 e. The second-order valence-electron chi connectivity index (χ2n) is 4.46. The van der Waals surface area contributed by atoms with Crippen LogP contribution in [0.3, 0.4) is 0 Å². The van der Waals surface area contributed by atoms with Gasteiger partial charge in [0.15, 0.2) is 11.7 Å². The monoisotopic (exact) mass is 329 g/mol. The summed E-state index contributed by atoms with van der Waals surface area (Å²) < 4.78 is 17.2. The molecule has 0 aliphatic rings. The molecule has 2 aromatic heterocycles. The van der Waals surface area contributed by atoms with Crippen LogP contribution in [0.2, 0.25) is 0 Å². The molecular formula is C17H19N3O2S. The predicted molar refractivity (Wildman–Crippen MR) is 91.4 cm³/mol. The topological polar surface area (TPSA) is 68.9 Å². The first-order valence-corrected chi connectivity index (χ1v) is 8.90. The molecule has 1 aromatic carbocycles. The van der Waals surface area contributed by atoms with E-state index in [1.165, 1.54) is 0 Å². The molecule has 0 fully saturated rings. The molecule has 0 aliphatic heterocycles. The maximum Gasteiger partial charge on any atom is 0.218 e. The summed E-state index contributed by atoms with van der Waals surface area (Å²) in [5, 5.41) is 0.278. The Bertz CT molecular complexity index is 801. The van der Waals surface area contributed by atoms with Crippen molar-refractivity contribution in [2.75, 3.05) is 6.26 Å². The molecule has 1 atom stereocenters. The zero-order valence-corrected chi connectivity index (χ0v) is 14.4. The molecule has 120 valence electrons. The summed E-state index contributed by atoms with van der Waals surface area (Å²) in [5.74, 6) is 1.12. The lowest BCUT2D eigenvalue weighted by Crippen LogP contribution is -1.97. The lowest BCUT2D eigenvalue weighted by atomic mass is 10.1. The molecule has 0 spiro atoms. The molecule has 0 saturated heterocycles. The molecular weight excluding hydrogens is 310 g/mol. The van der Waals surface area contributed by atoms with Crippen LogP contribution in [0.5, 0.6) is 0 Å². The molecule has 1 unspecified atom stereocenters. The van der Waals surface area contributed by atoms with Crippen LogP contribution in [0.15, 0.2) is 52.2 Å². The van der Waals surface area contributed by atoms with E-state index in [4.69, 9.17) is 4.42 Å². The quantitative estimate of drug-likeness (QED) is 0.682. The van der Waals surface area contributed by atoms with Gasteiger partial charge in [-0.25, -0.2) is 15.0 Å². The van der Waals surface area contributed by atoms with Crippen LogP contribution in [0.1, 0.15) is 19.7 Å². The highest BCUT2D eigenvalue weighted by Gasteiger charge is 2.17. The van der Waals surface area contributed by atoms with Crippen molar-refractivity contribution >= 4 is 10.8 Å². The van der Waals surface area contributed by atoms with Crippen molar-refractivity contribution in [1.82, 2.24) is 15.0 Å². The molecule has 0 saturated carbocycles. The molecule has 0 aliphatic carbocycles. The van der Waals surface area contributed by atoms with Crippen molar-refractivity contribution in [3.63, 3.8) is 0 Å². The van der Waals surface area contributed by atoms with E-state index in [2.05, 4.69) is 15.0 Å². The highest BCUT2D eigenvalue weighted by atomic mass is 32.2. The Labute approximate surface area is 138 Å². The Morgan fingerprint density at radius 1 is 1.04 bits per heavy atom. The number of benzene rings is 1. The van der Waals surface area contributed by atoms with Crippen molar-refractivity contribution in [3.05, 3.63) is 48.5 Å². The summed E-state index contributed by atoms with van der Waals surface area (Å²) in [5.41, 5.74) is 2.25. The van der Waals surface area contributed by atoms with Crippen LogP contribution < -0.4 is 0 Å². The van der Waals surface area contributed by atoms with Crippen LogP contribution in [-0.2, 0) is 10.8 Å². The van der Waals surface area contributed by atoms with Crippen LogP contribution >= 0.6 is 0 Å². The average Bonchev–Trinajstić information content (AvgIpc) is 2.99. The van der Waals surface area contributed by atoms with Crippen LogP contribution in [0, 0.1) is 6.92 Å². The van der Waals surface area contributed by atoms with Gasteiger partial charge < -0.3 is 4.42 Å². The number of hydrogen-bond donors (Lipinski definition) is 0. The molecule has 5 nitrogen and oxygen atoms in total. The number of oxazole rings is 1. The van der Waals surface area contributed by atoms with E-state index in [-0.39, 0.29) is 5.16 Å². The van der Waals surface area contributed by atoms with E-state index < -0.39 is 10.8 Å². The Morgan fingerprint density at radius 2 is 1.74 bits per heavy atom. The molecule has 2 heterocycles. The van der Waals surface area contributed by atoms with Crippen LogP contribution in [0.4, 0.5) is 0 Å². The van der Waals surface area contributed by atoms with Crippen molar-refractivity contribution in [1.29, 1.82) is 0 Å². The maximum absolute atomic E-state index is 11.5. The number of hydrogen-bond acceptors (Lipinski definition) is 5. The van der Waals surface area contributed by atoms with Gasteiger partial charge in [-0.3, -0.25) is 4.21 Å². The maximum atomic E-state index is 11.5. The van der Waals surface area contributed by atoms with E-state index >= 15 is 0 Å². The third-order valence-electron chi connectivity index (χ3n) is 2.90. The molecule has 3 aromatic rings. The molecule has 3 rings (SSSR count). The normalized spacial score (nSPS) is 11.5. The molecule has 0 amide bonds. The SMILES string of the molecule is CC.Cc1nc(-c2ccccc2)c(-c2ccnc(S(C)=O)n2)o1. The van der Waals surface area contributed by atoms with Gasteiger partial charge in [0.2, 0.25) is 5.16 Å². The summed E-state index contributed by atoms with van der Waals surface area (Å²) >= 11 is 0. The molecule has 0 bridgehead atoms. The number of rotatable bonds is 3. The first-order chi connectivity index (χ1) is 11.1. The Hall–Kier alpha value is -2.34. The van der Waals surface area contributed by atoms with Crippen LogP contribution in [-0.4, -0.2) is 25.4 Å². The number of aromatic nitrogens is 3. The van der Waals surface area contributed by atoms with E-state index in [0.29, 0.717) is 17.3 Å². The standard InChI is InChI=1S/C15H13N3O2S.C2H6/c1-10-17-13(11-6-4-3-5-7-11)14(20-10)12-8-9-16-15(18-12)21(2)19;1-2/h3-9H,1-2H3;1-2H3. The largest absolute Gasteiger partial charge is 0.439 e. The first kappa shape index (κ1) is 17.0. The average molecular weight is 329 g/mol. The third-order valence-corrected chi connectivity index (χ3v) is 3.62. The van der Waals surface area contributed by atoms with Gasteiger partial charge in [-0.05, 0) is 6.07 Å². The van der Waals surface area contributed by atoms with Gasteiger partial charge in [-0.2, -0.15) is 0 Å². The van der Waals surface area contributed by atoms with Crippen molar-refractivity contribution in [3.8, 4) is 22.7 Å². The number of nitrogens with zero attached hydrogens (tertiary/aromatic N) is 3. The summed E-state index contributed by atoms with van der Waals surface area (Å²) in [7, 11) is -1.24. The predicted octanol–water partition coefficient (Wildman–Crippen LogP) is 3.87. The van der Waals surface area contributed by atoms with Gasteiger partial charge in [-0.15, -0.1) is 0 Å². The highest BCUT2D eigenvalue weighted by Crippen LogP contribution is 2.31. The fraction of sp³-hybridized carbons (Fsp3) is 0.235. The lowest BCUT2D eigenvalue weighted by Gasteiger charge is -2.02. The highest BCUT2D eigenvalue weighted by molar-refractivity contribution is 7.84. The Morgan fingerprint density at radius 3 is 2.39 bits per heavy atom. The Balaban J connectivity index is 0.000000924. The lowest BCUT2D eigenvalue weighted by molar-refractivity contribution is 0.532. The van der Waals surface area contributed by atoms with E-state index in [0.717, 1.165) is 11.3 Å². The molecule has 0 radical (unpaired) electrons. The van der Waals surface area contributed by atoms with Gasteiger partial charge in [-0.1, -0.05) is 44.2 Å². The van der Waals surface area contributed by atoms with Gasteiger partial charge in [0.25, 0.3) is 0 Å². The van der Waals surface area contributed by atoms with Crippen LogP contribution in [0.25, 0.3) is 22.7 Å². The van der Waals surface area contributed by atoms with E-state index in [1.54, 1.807) is 25.4 Å². The number of aryl methyl sites for hydroxylation is 1. The zero-order chi connectivity index (χ0) is 16.8. The molecule has 23 heavy (non-hydrogen) atoms. The summed E-state index contributed by atoms with van der Waals surface area (Å²) in [6.45, 7) is 5.79. The minimum absolute atomic E-state index is 0.278. The third kappa shape index (κ3) is 3.90. The fourth-order valence-corrected chi connectivity index (χ4v) is 2.43. The van der Waals surface area contributed by atoms with E-state index in [9.17, 15) is 4.21 Å². The second-order valence-corrected chi connectivity index (χ2v) is 5.73. The smallest absolute Gasteiger partial charge is 0.218 e. The van der Waals surface area contributed by atoms with Crippen molar-refractivity contribution in [2.24, 2.45) is 0 Å². The second kappa shape index (κ2) is 7.78. The summed E-state index contributed by atoms with van der Waals surface area (Å²) in [6.07, 6.45) is 3.12. The van der Waals surface area contributed by atoms with Gasteiger partial charge in [0.05, 0.1) is 10.8 Å². The van der Waals surface area contributed by atoms with Gasteiger partial charge in [0, 0.05) is 24.9 Å². The molecule has 6 heteroatoms.